The number of amides is 2. The predicted octanol–water partition coefficient (Wildman–Crippen LogP) is 2.46. The number of hydrogen-bond acceptors (Lipinski definition) is 5. The van der Waals surface area contributed by atoms with E-state index in [0.29, 0.717) is 13.0 Å². The zero-order chi connectivity index (χ0) is 21.9. The van der Waals surface area contributed by atoms with Gasteiger partial charge in [-0.3, -0.25) is 9.59 Å². The molecule has 0 bridgehead atoms. The number of benzene rings is 2. The van der Waals surface area contributed by atoms with Gasteiger partial charge in [0.15, 0.2) is 6.10 Å². The van der Waals surface area contributed by atoms with E-state index in [1.807, 2.05) is 30.3 Å². The summed E-state index contributed by atoms with van der Waals surface area (Å²) in [6.07, 6.45) is 1.11. The second-order valence-corrected chi connectivity index (χ2v) is 6.59. The fraction of sp³-hybridized carbons (Fsp3) is 0.261. The molecule has 0 aliphatic carbocycles. The summed E-state index contributed by atoms with van der Waals surface area (Å²) in [6, 6.07) is 16.6. The van der Waals surface area contributed by atoms with E-state index in [4.69, 9.17) is 9.47 Å². The number of methoxy groups -OCH3 is 1. The van der Waals surface area contributed by atoms with Crippen LogP contribution >= 0.6 is 0 Å². The smallest absolute Gasteiger partial charge is 0.355 e. The van der Waals surface area contributed by atoms with Gasteiger partial charge in [0, 0.05) is 13.5 Å². The predicted molar refractivity (Wildman–Crippen MR) is 113 cm³/mol. The average molecular weight is 410 g/mol. The summed E-state index contributed by atoms with van der Waals surface area (Å²) in [4.78, 5) is 36.2. The molecule has 7 nitrogen and oxygen atoms in total. The van der Waals surface area contributed by atoms with E-state index in [2.05, 4.69) is 10.6 Å². The van der Waals surface area contributed by atoms with Gasteiger partial charge in [-0.05, 0) is 42.7 Å². The highest BCUT2D eigenvalue weighted by atomic mass is 16.5. The zero-order valence-corrected chi connectivity index (χ0v) is 17.3. The molecule has 2 rings (SSSR count). The minimum atomic E-state index is -1.01. The van der Waals surface area contributed by atoms with E-state index in [9.17, 15) is 14.4 Å². The van der Waals surface area contributed by atoms with Crippen LogP contribution in [0.3, 0.4) is 0 Å². The van der Waals surface area contributed by atoms with Crippen molar-refractivity contribution in [2.45, 2.75) is 26.4 Å². The van der Waals surface area contributed by atoms with Crippen LogP contribution in [0.2, 0.25) is 0 Å². The number of rotatable bonds is 9. The normalized spacial score (nSPS) is 11.9. The second-order valence-electron chi connectivity index (χ2n) is 6.59. The molecule has 1 atom stereocenters. The fourth-order valence-corrected chi connectivity index (χ4v) is 2.60. The van der Waals surface area contributed by atoms with Crippen LogP contribution in [-0.4, -0.2) is 37.5 Å². The van der Waals surface area contributed by atoms with Crippen LogP contribution in [0.1, 0.15) is 25.0 Å². The summed E-state index contributed by atoms with van der Waals surface area (Å²) in [6.45, 7) is 3.17. The van der Waals surface area contributed by atoms with E-state index in [1.165, 1.54) is 19.9 Å². The van der Waals surface area contributed by atoms with Gasteiger partial charge in [0.05, 0.1) is 7.11 Å². The Bertz CT molecular complexity index is 892. The Morgan fingerprint density at radius 3 is 2.30 bits per heavy atom. The van der Waals surface area contributed by atoms with Crippen LogP contribution in [0.5, 0.6) is 5.75 Å². The lowest BCUT2D eigenvalue weighted by atomic mass is 10.1. The third-order valence-electron chi connectivity index (χ3n) is 4.17. The van der Waals surface area contributed by atoms with Gasteiger partial charge in [-0.15, -0.1) is 0 Å². The fourth-order valence-electron chi connectivity index (χ4n) is 2.60. The largest absolute Gasteiger partial charge is 0.497 e. The van der Waals surface area contributed by atoms with Gasteiger partial charge < -0.3 is 20.1 Å². The van der Waals surface area contributed by atoms with Crippen molar-refractivity contribution in [1.82, 2.24) is 10.6 Å². The number of ether oxygens (including phenoxy) is 2. The number of esters is 1. The van der Waals surface area contributed by atoms with Crippen molar-refractivity contribution in [1.29, 1.82) is 0 Å². The van der Waals surface area contributed by atoms with Crippen molar-refractivity contribution >= 4 is 23.9 Å². The molecule has 0 aromatic heterocycles. The summed E-state index contributed by atoms with van der Waals surface area (Å²) in [5.41, 5.74) is 1.72. The molecule has 0 aliphatic heterocycles. The second kappa shape index (κ2) is 11.4. The maximum atomic E-state index is 12.5. The molecule has 2 amide bonds. The third kappa shape index (κ3) is 7.43. The van der Waals surface area contributed by atoms with E-state index in [1.54, 1.807) is 31.4 Å². The van der Waals surface area contributed by atoms with Gasteiger partial charge in [0.2, 0.25) is 5.91 Å². The molecule has 0 aliphatic rings. The van der Waals surface area contributed by atoms with Crippen LogP contribution < -0.4 is 15.4 Å². The molecule has 0 fully saturated rings. The Kier molecular flexibility index (Phi) is 8.62. The minimum Gasteiger partial charge on any atom is -0.497 e. The van der Waals surface area contributed by atoms with Gasteiger partial charge in [-0.2, -0.15) is 0 Å². The number of carbonyl (C=O) groups is 3. The van der Waals surface area contributed by atoms with Crippen molar-refractivity contribution in [3.05, 3.63) is 71.4 Å². The lowest BCUT2D eigenvalue weighted by molar-refractivity contribution is -0.151. The lowest BCUT2D eigenvalue weighted by Crippen LogP contribution is -2.38. The van der Waals surface area contributed by atoms with Gasteiger partial charge in [-0.1, -0.05) is 42.5 Å². The van der Waals surface area contributed by atoms with Crippen molar-refractivity contribution in [3.8, 4) is 5.75 Å². The highest BCUT2D eigenvalue weighted by molar-refractivity contribution is 5.98. The zero-order valence-electron chi connectivity index (χ0n) is 17.3. The topological polar surface area (TPSA) is 93.7 Å². The van der Waals surface area contributed by atoms with Crippen LogP contribution in [0.4, 0.5) is 0 Å². The maximum absolute atomic E-state index is 12.5. The van der Waals surface area contributed by atoms with Crippen LogP contribution in [0.15, 0.2) is 60.3 Å². The lowest BCUT2D eigenvalue weighted by Gasteiger charge is -2.15. The Hall–Kier alpha value is -3.61. The Morgan fingerprint density at radius 1 is 1.03 bits per heavy atom. The summed E-state index contributed by atoms with van der Waals surface area (Å²) in [7, 11) is 1.60. The van der Waals surface area contributed by atoms with E-state index < -0.39 is 23.9 Å². The number of nitrogens with one attached hydrogen (secondary N) is 2. The maximum Gasteiger partial charge on any atom is 0.355 e. The first-order chi connectivity index (χ1) is 14.4. The molecular weight excluding hydrogens is 384 g/mol. The first kappa shape index (κ1) is 22.7. The minimum absolute atomic E-state index is 0.0356. The molecule has 7 heteroatoms. The Labute approximate surface area is 176 Å². The molecule has 2 N–H and O–H groups in total. The molecule has 30 heavy (non-hydrogen) atoms. The average Bonchev–Trinajstić information content (AvgIpc) is 2.74. The highest BCUT2D eigenvalue weighted by Gasteiger charge is 2.21. The van der Waals surface area contributed by atoms with Gasteiger partial charge >= 0.3 is 5.97 Å². The third-order valence-corrected chi connectivity index (χ3v) is 4.17. The Morgan fingerprint density at radius 2 is 1.70 bits per heavy atom. The van der Waals surface area contributed by atoms with Crippen LogP contribution in [0, 0.1) is 0 Å². The summed E-state index contributed by atoms with van der Waals surface area (Å²) >= 11 is 0. The van der Waals surface area contributed by atoms with Crippen LogP contribution in [-0.2, 0) is 25.5 Å². The molecule has 0 spiro atoms. The summed E-state index contributed by atoms with van der Waals surface area (Å²) < 4.78 is 10.3. The van der Waals surface area contributed by atoms with Gasteiger partial charge in [0.25, 0.3) is 5.91 Å². The van der Waals surface area contributed by atoms with Crippen molar-refractivity contribution < 1.29 is 23.9 Å². The quantitative estimate of drug-likeness (QED) is 0.489. The standard InChI is InChI=1S/C23H26N2O5/c1-16(22(27)24-14-13-18-9-11-20(29-3)12-10-18)30-23(28)21(25-17(2)26)15-19-7-5-4-6-8-19/h4-12,15-16H,13-14H2,1-3H3,(H,24,27)(H,25,26)/b21-15-/t16-/m1/s1. The first-order valence-electron chi connectivity index (χ1n) is 9.55. The first-order valence-corrected chi connectivity index (χ1v) is 9.55. The molecule has 0 unspecified atom stereocenters. The molecule has 0 radical (unpaired) electrons. The molecule has 2 aromatic rings. The summed E-state index contributed by atoms with van der Waals surface area (Å²) in [5, 5.41) is 5.19. The number of carbonyl (C=O) groups excluding carboxylic acids is 3. The molecule has 158 valence electrons. The van der Waals surface area contributed by atoms with E-state index in [0.717, 1.165) is 16.9 Å². The molecule has 0 heterocycles. The molecular formula is C23H26N2O5. The van der Waals surface area contributed by atoms with E-state index >= 15 is 0 Å². The highest BCUT2D eigenvalue weighted by Crippen LogP contribution is 2.11. The van der Waals surface area contributed by atoms with Crippen molar-refractivity contribution in [3.63, 3.8) is 0 Å². The monoisotopic (exact) mass is 410 g/mol. The van der Waals surface area contributed by atoms with Gasteiger partial charge in [-0.25, -0.2) is 4.79 Å². The van der Waals surface area contributed by atoms with E-state index in [-0.39, 0.29) is 5.70 Å². The summed E-state index contributed by atoms with van der Waals surface area (Å²) in [5.74, 6) is -0.849. The van der Waals surface area contributed by atoms with Crippen molar-refractivity contribution in [2.24, 2.45) is 0 Å². The Balaban J connectivity index is 1.90. The molecule has 2 aromatic carbocycles. The van der Waals surface area contributed by atoms with Crippen molar-refractivity contribution in [2.75, 3.05) is 13.7 Å². The molecule has 0 saturated carbocycles. The number of hydrogen-bond donors (Lipinski definition) is 2. The van der Waals surface area contributed by atoms with Gasteiger partial charge in [0.1, 0.15) is 11.4 Å². The van der Waals surface area contributed by atoms with Crippen LogP contribution in [0.25, 0.3) is 6.08 Å². The SMILES string of the molecule is COc1ccc(CCNC(=O)[C@@H](C)OC(=O)/C(=C/c2ccccc2)NC(C)=O)cc1. The molecule has 0 saturated heterocycles.